The molecule has 1 rings (SSSR count). The molecule has 0 spiro atoms. The molecule has 1 aromatic heterocycles. The van der Waals surface area contributed by atoms with Gasteiger partial charge in [-0.15, -0.1) is 0 Å². The second kappa shape index (κ2) is 6.62. The van der Waals surface area contributed by atoms with Gasteiger partial charge in [0.25, 0.3) is 0 Å². The van der Waals surface area contributed by atoms with E-state index in [-0.39, 0.29) is 0 Å². The number of hydrogen-bond acceptors (Lipinski definition) is 2. The van der Waals surface area contributed by atoms with Crippen LogP contribution < -0.4 is 5.32 Å². The Labute approximate surface area is 92.9 Å². The van der Waals surface area contributed by atoms with Crippen molar-refractivity contribution in [3.63, 3.8) is 0 Å². The molecule has 0 radical (unpaired) electrons. The van der Waals surface area contributed by atoms with Crippen LogP contribution in [0, 0.1) is 0 Å². The van der Waals surface area contributed by atoms with Crippen LogP contribution in [0.3, 0.4) is 0 Å². The molecule has 0 fully saturated rings. The van der Waals surface area contributed by atoms with Crippen LogP contribution in [0.2, 0.25) is 0 Å². The lowest BCUT2D eigenvalue weighted by Crippen LogP contribution is -2.19. The number of rotatable bonds is 7. The van der Waals surface area contributed by atoms with Gasteiger partial charge in [-0.2, -0.15) is 5.10 Å². The highest BCUT2D eigenvalue weighted by atomic mass is 15.2. The Morgan fingerprint density at radius 2 is 2.20 bits per heavy atom. The average molecular weight is 209 g/mol. The number of nitrogens with one attached hydrogen (secondary N) is 1. The van der Waals surface area contributed by atoms with Crippen LogP contribution in [0.4, 0.5) is 0 Å². The minimum Gasteiger partial charge on any atom is -0.310 e. The molecule has 0 saturated heterocycles. The van der Waals surface area contributed by atoms with Gasteiger partial charge in [0.2, 0.25) is 0 Å². The topological polar surface area (TPSA) is 29.9 Å². The van der Waals surface area contributed by atoms with Crippen molar-refractivity contribution < 1.29 is 0 Å². The first-order valence-corrected chi connectivity index (χ1v) is 5.96. The Hall–Kier alpha value is -0.830. The molecular weight excluding hydrogens is 186 g/mol. The van der Waals surface area contributed by atoms with Crippen LogP contribution in [-0.4, -0.2) is 16.3 Å². The van der Waals surface area contributed by atoms with Crippen molar-refractivity contribution in [3.8, 4) is 0 Å². The smallest absolute Gasteiger partial charge is 0.0537 e. The molecule has 86 valence electrons. The van der Waals surface area contributed by atoms with Crippen LogP contribution in [0.25, 0.3) is 0 Å². The van der Waals surface area contributed by atoms with E-state index in [2.05, 4.69) is 30.5 Å². The molecule has 0 amide bonds. The third-order valence-electron chi connectivity index (χ3n) is 2.71. The van der Waals surface area contributed by atoms with Gasteiger partial charge < -0.3 is 5.32 Å². The number of aryl methyl sites for hydroxylation is 1. The predicted octanol–water partition coefficient (Wildman–Crippen LogP) is 2.65. The maximum absolute atomic E-state index is 4.17. The first-order valence-electron chi connectivity index (χ1n) is 5.96. The van der Waals surface area contributed by atoms with Crippen LogP contribution in [0.15, 0.2) is 12.4 Å². The maximum atomic E-state index is 4.17. The summed E-state index contributed by atoms with van der Waals surface area (Å²) in [4.78, 5) is 0. The van der Waals surface area contributed by atoms with Gasteiger partial charge in [-0.05, 0) is 19.9 Å². The van der Waals surface area contributed by atoms with Gasteiger partial charge in [-0.1, -0.05) is 26.2 Å². The van der Waals surface area contributed by atoms with E-state index in [1.54, 1.807) is 0 Å². The second-order valence-electron chi connectivity index (χ2n) is 4.18. The monoisotopic (exact) mass is 209 g/mol. The minimum atomic E-state index is 0.417. The Bertz CT molecular complexity index is 268. The quantitative estimate of drug-likeness (QED) is 0.700. The number of hydrogen-bond donors (Lipinski definition) is 1. The molecule has 0 aliphatic carbocycles. The lowest BCUT2D eigenvalue weighted by atomic mass is 10.1. The summed E-state index contributed by atoms with van der Waals surface area (Å²) in [5.74, 6) is 0. The van der Waals surface area contributed by atoms with E-state index in [1.807, 2.05) is 17.9 Å². The Morgan fingerprint density at radius 3 is 2.80 bits per heavy atom. The predicted molar refractivity (Wildman–Crippen MR) is 63.8 cm³/mol. The van der Waals surface area contributed by atoms with Crippen molar-refractivity contribution in [2.45, 2.75) is 45.6 Å². The number of nitrogens with zero attached hydrogens (tertiary/aromatic N) is 2. The average Bonchev–Trinajstić information content (AvgIpc) is 2.64. The Balaban J connectivity index is 2.16. The molecule has 0 aliphatic rings. The van der Waals surface area contributed by atoms with Gasteiger partial charge in [-0.3, -0.25) is 4.68 Å². The molecule has 1 unspecified atom stereocenters. The molecule has 0 aliphatic heterocycles. The van der Waals surface area contributed by atoms with E-state index in [4.69, 9.17) is 0 Å². The highest BCUT2D eigenvalue weighted by Crippen LogP contribution is 2.10. The molecule has 1 aromatic rings. The zero-order chi connectivity index (χ0) is 11.1. The Kier molecular flexibility index (Phi) is 5.40. The lowest BCUT2D eigenvalue weighted by molar-refractivity contribution is 0.536. The van der Waals surface area contributed by atoms with E-state index in [0.29, 0.717) is 6.04 Å². The number of aromatic nitrogens is 2. The van der Waals surface area contributed by atoms with Crippen molar-refractivity contribution in [1.82, 2.24) is 15.1 Å². The minimum absolute atomic E-state index is 0.417. The fraction of sp³-hybridized carbons (Fsp3) is 0.750. The van der Waals surface area contributed by atoms with Gasteiger partial charge in [0.05, 0.1) is 6.20 Å². The molecule has 3 nitrogen and oxygen atoms in total. The van der Waals surface area contributed by atoms with Gasteiger partial charge in [0, 0.05) is 24.8 Å². The highest BCUT2D eigenvalue weighted by molar-refractivity contribution is 5.08. The molecule has 1 N–H and O–H groups in total. The molecule has 0 aromatic carbocycles. The first-order chi connectivity index (χ1) is 7.24. The zero-order valence-corrected chi connectivity index (χ0v) is 10.2. The van der Waals surface area contributed by atoms with Gasteiger partial charge in [-0.25, -0.2) is 0 Å². The van der Waals surface area contributed by atoms with Crippen molar-refractivity contribution in [1.29, 1.82) is 0 Å². The molecule has 1 atom stereocenters. The highest BCUT2D eigenvalue weighted by Gasteiger charge is 2.05. The molecule has 1 heterocycles. The van der Waals surface area contributed by atoms with Crippen molar-refractivity contribution in [2.75, 3.05) is 6.54 Å². The third-order valence-corrected chi connectivity index (χ3v) is 2.71. The normalized spacial score (nSPS) is 13.0. The van der Waals surface area contributed by atoms with Crippen molar-refractivity contribution in [3.05, 3.63) is 18.0 Å². The summed E-state index contributed by atoms with van der Waals surface area (Å²) in [7, 11) is 1.96. The number of unbranched alkanes of at least 4 members (excludes halogenated alkanes) is 3. The van der Waals surface area contributed by atoms with E-state index in [1.165, 1.54) is 31.2 Å². The summed E-state index contributed by atoms with van der Waals surface area (Å²) in [5, 5.41) is 7.69. The van der Waals surface area contributed by atoms with Crippen molar-refractivity contribution >= 4 is 0 Å². The lowest BCUT2D eigenvalue weighted by Gasteiger charge is -2.11. The second-order valence-corrected chi connectivity index (χ2v) is 4.18. The summed E-state index contributed by atoms with van der Waals surface area (Å²) in [6, 6.07) is 0.417. The first kappa shape index (κ1) is 12.2. The van der Waals surface area contributed by atoms with Crippen LogP contribution >= 0.6 is 0 Å². The van der Waals surface area contributed by atoms with E-state index >= 15 is 0 Å². The Morgan fingerprint density at radius 1 is 1.40 bits per heavy atom. The SMILES string of the molecule is CCCCCCNC(C)c1cnn(C)c1. The molecular formula is C12H23N3. The summed E-state index contributed by atoms with van der Waals surface area (Å²) in [5.41, 5.74) is 1.27. The van der Waals surface area contributed by atoms with Gasteiger partial charge in [0.1, 0.15) is 0 Å². The summed E-state index contributed by atoms with van der Waals surface area (Å²) < 4.78 is 1.85. The summed E-state index contributed by atoms with van der Waals surface area (Å²) in [6.07, 6.45) is 9.27. The van der Waals surface area contributed by atoms with E-state index in [9.17, 15) is 0 Å². The van der Waals surface area contributed by atoms with Gasteiger partial charge in [0.15, 0.2) is 0 Å². The molecule has 15 heavy (non-hydrogen) atoms. The van der Waals surface area contributed by atoms with Crippen LogP contribution in [0.1, 0.15) is 51.1 Å². The zero-order valence-electron chi connectivity index (χ0n) is 10.2. The fourth-order valence-electron chi connectivity index (χ4n) is 1.65. The van der Waals surface area contributed by atoms with Crippen molar-refractivity contribution in [2.24, 2.45) is 7.05 Å². The fourth-order valence-corrected chi connectivity index (χ4v) is 1.65. The van der Waals surface area contributed by atoms with Gasteiger partial charge >= 0.3 is 0 Å². The van der Waals surface area contributed by atoms with E-state index in [0.717, 1.165) is 6.54 Å². The maximum Gasteiger partial charge on any atom is 0.0537 e. The molecule has 0 bridgehead atoms. The standard InChI is InChI=1S/C12H23N3/c1-4-5-6-7-8-13-11(2)12-9-14-15(3)10-12/h9-11,13H,4-8H2,1-3H3. The molecule has 0 saturated carbocycles. The summed E-state index contributed by atoms with van der Waals surface area (Å²) in [6.45, 7) is 5.54. The summed E-state index contributed by atoms with van der Waals surface area (Å²) >= 11 is 0. The molecule has 3 heteroatoms. The van der Waals surface area contributed by atoms with Crippen LogP contribution in [-0.2, 0) is 7.05 Å². The third kappa shape index (κ3) is 4.47. The largest absolute Gasteiger partial charge is 0.310 e. The van der Waals surface area contributed by atoms with Crippen LogP contribution in [0.5, 0.6) is 0 Å². The van der Waals surface area contributed by atoms with E-state index < -0.39 is 0 Å².